The maximum absolute atomic E-state index is 12.8. The number of piperazine rings is 1. The Morgan fingerprint density at radius 2 is 1.67 bits per heavy atom. The van der Waals surface area contributed by atoms with Crippen LogP contribution in [0.1, 0.15) is 60.8 Å². The number of nitrogens with zero attached hydrogens (tertiary/aromatic N) is 1. The van der Waals surface area contributed by atoms with Gasteiger partial charge in [-0.05, 0) is 24.2 Å². The number of carbonyl (C=O) groups is 2. The summed E-state index contributed by atoms with van der Waals surface area (Å²) < 4.78 is 0. The van der Waals surface area contributed by atoms with Gasteiger partial charge in [-0.25, -0.2) is 0 Å². The Hall–Kier alpha value is -1.06. The number of hydrogen-bond acceptors (Lipinski definition) is 2. The lowest BCUT2D eigenvalue weighted by atomic mass is 9.91. The minimum atomic E-state index is -0.345. The Kier molecular flexibility index (Phi) is 6.69. The molecule has 1 rings (SSSR count). The maximum atomic E-state index is 12.8. The van der Waals surface area contributed by atoms with E-state index < -0.39 is 0 Å². The van der Waals surface area contributed by atoms with E-state index in [0.717, 1.165) is 19.3 Å². The van der Waals surface area contributed by atoms with Crippen LogP contribution in [0.25, 0.3) is 0 Å². The van der Waals surface area contributed by atoms with Crippen molar-refractivity contribution in [3.8, 4) is 0 Å². The number of carbonyl (C=O) groups excluding carboxylic acids is 2. The van der Waals surface area contributed by atoms with Crippen molar-refractivity contribution >= 4 is 11.8 Å². The van der Waals surface area contributed by atoms with Gasteiger partial charge in [-0.1, -0.05) is 54.4 Å². The van der Waals surface area contributed by atoms with E-state index in [1.54, 1.807) is 0 Å². The van der Waals surface area contributed by atoms with Gasteiger partial charge in [0.1, 0.15) is 12.1 Å². The van der Waals surface area contributed by atoms with Crippen molar-refractivity contribution < 1.29 is 9.59 Å². The van der Waals surface area contributed by atoms with Crippen molar-refractivity contribution in [3.63, 3.8) is 0 Å². The average Bonchev–Trinajstić information content (AvgIpc) is 2.39. The zero-order valence-corrected chi connectivity index (χ0v) is 14.5. The molecule has 21 heavy (non-hydrogen) atoms. The third-order valence-corrected chi connectivity index (χ3v) is 4.45. The van der Waals surface area contributed by atoms with E-state index in [-0.39, 0.29) is 29.8 Å². The largest absolute Gasteiger partial charge is 0.342 e. The zero-order chi connectivity index (χ0) is 16.2. The molecule has 1 fully saturated rings. The Morgan fingerprint density at radius 1 is 1.10 bits per heavy atom. The van der Waals surface area contributed by atoms with Crippen molar-refractivity contribution in [2.75, 3.05) is 6.54 Å². The number of amides is 2. The molecule has 1 aliphatic rings. The maximum Gasteiger partial charge on any atom is 0.245 e. The summed E-state index contributed by atoms with van der Waals surface area (Å²) in [7, 11) is 0. The molecular weight excluding hydrogens is 264 g/mol. The van der Waals surface area contributed by atoms with Crippen molar-refractivity contribution in [2.45, 2.75) is 72.9 Å². The van der Waals surface area contributed by atoms with Gasteiger partial charge >= 0.3 is 0 Å². The second kappa shape index (κ2) is 7.81. The fourth-order valence-corrected chi connectivity index (χ4v) is 3.12. The second-order valence-corrected chi connectivity index (χ2v) is 7.05. The van der Waals surface area contributed by atoms with Crippen LogP contribution in [0, 0.1) is 17.8 Å². The van der Waals surface area contributed by atoms with Crippen LogP contribution in [0.4, 0.5) is 0 Å². The SMILES string of the molecule is CCC(CC)CN1C(=O)C(CC(C)C)NC(=O)C1C(C)C. The van der Waals surface area contributed by atoms with Crippen LogP contribution in [0.5, 0.6) is 0 Å². The van der Waals surface area contributed by atoms with Crippen LogP contribution in [0.2, 0.25) is 0 Å². The summed E-state index contributed by atoms with van der Waals surface area (Å²) in [6.45, 7) is 13.2. The summed E-state index contributed by atoms with van der Waals surface area (Å²) in [6, 6.07) is -0.664. The van der Waals surface area contributed by atoms with Gasteiger partial charge < -0.3 is 10.2 Å². The minimum absolute atomic E-state index is 0.0150. The van der Waals surface area contributed by atoms with Gasteiger partial charge in [-0.2, -0.15) is 0 Å². The molecule has 2 atom stereocenters. The van der Waals surface area contributed by atoms with Crippen molar-refractivity contribution in [3.05, 3.63) is 0 Å². The van der Waals surface area contributed by atoms with Gasteiger partial charge in [0.25, 0.3) is 0 Å². The van der Waals surface area contributed by atoms with E-state index in [9.17, 15) is 9.59 Å². The molecule has 0 bridgehead atoms. The zero-order valence-electron chi connectivity index (χ0n) is 14.5. The molecule has 0 radical (unpaired) electrons. The van der Waals surface area contributed by atoms with Crippen LogP contribution in [0.3, 0.4) is 0 Å². The minimum Gasteiger partial charge on any atom is -0.342 e. The molecule has 2 unspecified atom stereocenters. The van der Waals surface area contributed by atoms with E-state index in [1.807, 2.05) is 18.7 Å². The molecule has 1 aliphatic heterocycles. The predicted octanol–water partition coefficient (Wildman–Crippen LogP) is 2.82. The van der Waals surface area contributed by atoms with E-state index in [4.69, 9.17) is 0 Å². The van der Waals surface area contributed by atoms with Crippen LogP contribution >= 0.6 is 0 Å². The third-order valence-electron chi connectivity index (χ3n) is 4.45. The summed E-state index contributed by atoms with van der Waals surface area (Å²) in [4.78, 5) is 27.1. The first-order valence-corrected chi connectivity index (χ1v) is 8.42. The molecule has 0 aromatic rings. The van der Waals surface area contributed by atoms with E-state index in [1.165, 1.54) is 0 Å². The molecule has 0 saturated carbocycles. The standard InChI is InChI=1S/C17H32N2O2/c1-7-13(8-2)10-19-15(12(5)6)16(20)18-14(17(19)21)9-11(3)4/h11-15H,7-10H2,1-6H3,(H,18,20). The highest BCUT2D eigenvalue weighted by Crippen LogP contribution is 2.23. The third kappa shape index (κ3) is 4.45. The normalized spacial score (nSPS) is 23.4. The quantitative estimate of drug-likeness (QED) is 0.785. The number of hydrogen-bond donors (Lipinski definition) is 1. The van der Waals surface area contributed by atoms with Crippen molar-refractivity contribution in [2.24, 2.45) is 17.8 Å². The molecule has 4 heteroatoms. The molecule has 2 amide bonds. The predicted molar refractivity (Wildman–Crippen MR) is 85.8 cm³/mol. The van der Waals surface area contributed by atoms with Crippen LogP contribution in [-0.2, 0) is 9.59 Å². The molecule has 1 saturated heterocycles. The van der Waals surface area contributed by atoms with E-state index in [2.05, 4.69) is 33.0 Å². The summed E-state index contributed by atoms with van der Waals surface area (Å²) in [5, 5.41) is 2.94. The lowest BCUT2D eigenvalue weighted by molar-refractivity contribution is -0.152. The van der Waals surface area contributed by atoms with E-state index >= 15 is 0 Å². The Bertz CT molecular complexity index is 362. The lowest BCUT2D eigenvalue weighted by Gasteiger charge is -2.42. The van der Waals surface area contributed by atoms with Gasteiger partial charge in [0.05, 0.1) is 0 Å². The van der Waals surface area contributed by atoms with E-state index in [0.29, 0.717) is 18.4 Å². The molecule has 0 aliphatic carbocycles. The number of nitrogens with one attached hydrogen (secondary N) is 1. The first-order chi connectivity index (χ1) is 9.81. The molecule has 122 valence electrons. The highest BCUT2D eigenvalue weighted by Gasteiger charge is 2.42. The molecule has 4 nitrogen and oxygen atoms in total. The monoisotopic (exact) mass is 296 g/mol. The van der Waals surface area contributed by atoms with Crippen LogP contribution in [0.15, 0.2) is 0 Å². The molecular formula is C17H32N2O2. The first kappa shape index (κ1) is 18.0. The van der Waals surface area contributed by atoms with Gasteiger partial charge in [0.15, 0.2) is 0 Å². The highest BCUT2D eigenvalue weighted by atomic mass is 16.2. The first-order valence-electron chi connectivity index (χ1n) is 8.42. The Morgan fingerprint density at radius 3 is 2.10 bits per heavy atom. The molecule has 1 N–H and O–H groups in total. The van der Waals surface area contributed by atoms with Crippen LogP contribution in [-0.4, -0.2) is 35.3 Å². The van der Waals surface area contributed by atoms with Crippen molar-refractivity contribution in [1.29, 1.82) is 0 Å². The Labute approximate surface area is 129 Å². The topological polar surface area (TPSA) is 49.4 Å². The van der Waals surface area contributed by atoms with Gasteiger partial charge in [-0.15, -0.1) is 0 Å². The lowest BCUT2D eigenvalue weighted by Crippen LogP contribution is -2.65. The fourth-order valence-electron chi connectivity index (χ4n) is 3.12. The van der Waals surface area contributed by atoms with Gasteiger partial charge in [0.2, 0.25) is 11.8 Å². The average molecular weight is 296 g/mol. The summed E-state index contributed by atoms with van der Waals surface area (Å²) >= 11 is 0. The Balaban J connectivity index is 2.97. The van der Waals surface area contributed by atoms with Gasteiger partial charge in [0, 0.05) is 6.54 Å². The van der Waals surface area contributed by atoms with Crippen LogP contribution < -0.4 is 5.32 Å². The summed E-state index contributed by atoms with van der Waals surface area (Å²) in [6.07, 6.45) is 2.80. The summed E-state index contributed by atoms with van der Waals surface area (Å²) in [5.41, 5.74) is 0. The smallest absolute Gasteiger partial charge is 0.245 e. The second-order valence-electron chi connectivity index (χ2n) is 7.05. The van der Waals surface area contributed by atoms with Crippen molar-refractivity contribution in [1.82, 2.24) is 10.2 Å². The molecule has 0 spiro atoms. The van der Waals surface area contributed by atoms with Gasteiger partial charge in [-0.3, -0.25) is 9.59 Å². The molecule has 1 heterocycles. The highest BCUT2D eigenvalue weighted by molar-refractivity contribution is 5.97. The summed E-state index contributed by atoms with van der Waals surface area (Å²) in [5.74, 6) is 1.13. The molecule has 0 aromatic carbocycles. The number of rotatable bonds is 7. The molecule has 0 aromatic heterocycles. The fraction of sp³-hybridized carbons (Fsp3) is 0.882.